The van der Waals surface area contributed by atoms with Crippen molar-refractivity contribution in [2.45, 2.75) is 26.8 Å². The second-order valence-electron chi connectivity index (χ2n) is 6.16. The van der Waals surface area contributed by atoms with Crippen LogP contribution in [0.3, 0.4) is 0 Å². The number of carbonyl (C=O) groups excluding carboxylic acids is 1. The largest absolute Gasteiger partial charge is 0.493 e. The highest BCUT2D eigenvalue weighted by molar-refractivity contribution is 6.17. The van der Waals surface area contributed by atoms with Crippen molar-refractivity contribution in [1.82, 2.24) is 15.1 Å². The number of hydrogen-bond acceptors (Lipinski definition) is 3. The van der Waals surface area contributed by atoms with E-state index in [4.69, 9.17) is 16.3 Å². The monoisotopic (exact) mass is 347 g/mol. The summed E-state index contributed by atoms with van der Waals surface area (Å²) in [4.78, 5) is 12.6. The number of carbonyl (C=O) groups is 1. The molecule has 6 heteroatoms. The standard InChI is InChI=1S/C18H22ClN3O2/c1-12-17(13(2)22(21-12)8-7-19)18(23)20-10-14-9-15-5-3-4-6-16(15)24-11-14/h3-6,14H,7-11H2,1-2H3,(H,20,23). The van der Waals surface area contributed by atoms with Gasteiger partial charge in [-0.1, -0.05) is 18.2 Å². The van der Waals surface area contributed by atoms with Crippen molar-refractivity contribution in [2.75, 3.05) is 19.0 Å². The number of nitrogens with zero attached hydrogens (tertiary/aromatic N) is 2. The maximum absolute atomic E-state index is 12.6. The Morgan fingerprint density at radius 2 is 2.21 bits per heavy atom. The van der Waals surface area contributed by atoms with Gasteiger partial charge in [0.05, 0.1) is 24.4 Å². The van der Waals surface area contributed by atoms with Gasteiger partial charge in [-0.2, -0.15) is 5.10 Å². The van der Waals surface area contributed by atoms with Crippen LogP contribution in [0.15, 0.2) is 24.3 Å². The molecule has 0 aliphatic carbocycles. The summed E-state index contributed by atoms with van der Waals surface area (Å²) >= 11 is 5.78. The summed E-state index contributed by atoms with van der Waals surface area (Å²) in [7, 11) is 0. The Morgan fingerprint density at radius 1 is 1.42 bits per heavy atom. The van der Waals surface area contributed by atoms with Gasteiger partial charge in [-0.3, -0.25) is 9.48 Å². The molecule has 1 aromatic carbocycles. The normalized spacial score (nSPS) is 16.4. The molecule has 0 spiro atoms. The molecule has 5 nitrogen and oxygen atoms in total. The summed E-state index contributed by atoms with van der Waals surface area (Å²) in [5, 5.41) is 7.42. The van der Waals surface area contributed by atoms with E-state index < -0.39 is 0 Å². The summed E-state index contributed by atoms with van der Waals surface area (Å²) in [5.41, 5.74) is 3.44. The third-order valence-corrected chi connectivity index (χ3v) is 4.58. The molecule has 1 aliphatic heterocycles. The zero-order chi connectivity index (χ0) is 17.1. The molecule has 1 unspecified atom stereocenters. The van der Waals surface area contributed by atoms with Gasteiger partial charge >= 0.3 is 0 Å². The number of alkyl halides is 1. The van der Waals surface area contributed by atoms with Crippen LogP contribution in [0.1, 0.15) is 27.3 Å². The molecular formula is C18H22ClN3O2. The van der Waals surface area contributed by atoms with Crippen LogP contribution < -0.4 is 10.1 Å². The lowest BCUT2D eigenvalue weighted by molar-refractivity contribution is 0.0937. The van der Waals surface area contributed by atoms with Crippen molar-refractivity contribution in [3.05, 3.63) is 46.8 Å². The minimum atomic E-state index is -0.0790. The van der Waals surface area contributed by atoms with E-state index >= 15 is 0 Å². The molecule has 24 heavy (non-hydrogen) atoms. The Hall–Kier alpha value is -2.01. The van der Waals surface area contributed by atoms with Crippen molar-refractivity contribution < 1.29 is 9.53 Å². The van der Waals surface area contributed by atoms with Gasteiger partial charge in [0.1, 0.15) is 5.75 Å². The maximum Gasteiger partial charge on any atom is 0.255 e. The number of benzene rings is 1. The molecule has 1 amide bonds. The number of aromatic nitrogens is 2. The van der Waals surface area contributed by atoms with E-state index in [9.17, 15) is 4.79 Å². The van der Waals surface area contributed by atoms with Crippen molar-refractivity contribution in [2.24, 2.45) is 5.92 Å². The second-order valence-corrected chi connectivity index (χ2v) is 6.53. The summed E-state index contributed by atoms with van der Waals surface area (Å²) in [6, 6.07) is 8.06. The lowest BCUT2D eigenvalue weighted by Crippen LogP contribution is -2.35. The third-order valence-electron chi connectivity index (χ3n) is 4.41. The average molecular weight is 348 g/mol. The summed E-state index contributed by atoms with van der Waals surface area (Å²) in [5.74, 6) is 1.63. The van der Waals surface area contributed by atoms with E-state index in [2.05, 4.69) is 16.5 Å². The van der Waals surface area contributed by atoms with Crippen molar-refractivity contribution in [3.63, 3.8) is 0 Å². The number of hydrogen-bond donors (Lipinski definition) is 1. The van der Waals surface area contributed by atoms with Crippen LogP contribution >= 0.6 is 11.6 Å². The molecule has 0 saturated heterocycles. The van der Waals surface area contributed by atoms with Crippen LogP contribution in [-0.4, -0.2) is 34.7 Å². The number of nitrogens with one attached hydrogen (secondary N) is 1. The highest BCUT2D eigenvalue weighted by Gasteiger charge is 2.22. The van der Waals surface area contributed by atoms with Gasteiger partial charge in [0.15, 0.2) is 0 Å². The van der Waals surface area contributed by atoms with E-state index in [1.807, 2.05) is 32.0 Å². The van der Waals surface area contributed by atoms with E-state index in [1.54, 1.807) is 4.68 Å². The molecule has 1 N–H and O–H groups in total. The molecule has 2 aromatic rings. The molecule has 0 fully saturated rings. The Balaban J connectivity index is 1.63. The lowest BCUT2D eigenvalue weighted by Gasteiger charge is -2.25. The Morgan fingerprint density at radius 3 is 3.00 bits per heavy atom. The minimum absolute atomic E-state index is 0.0790. The Labute approximate surface area is 147 Å². The molecule has 3 rings (SSSR count). The topological polar surface area (TPSA) is 56.2 Å². The van der Waals surface area contributed by atoms with Gasteiger partial charge in [-0.05, 0) is 31.9 Å². The van der Waals surface area contributed by atoms with E-state index in [0.29, 0.717) is 31.1 Å². The highest BCUT2D eigenvalue weighted by Crippen LogP contribution is 2.26. The quantitative estimate of drug-likeness (QED) is 0.846. The van der Waals surface area contributed by atoms with Gasteiger partial charge in [0.2, 0.25) is 0 Å². The SMILES string of the molecule is Cc1nn(CCCl)c(C)c1C(=O)NCC1COc2ccccc2C1. The van der Waals surface area contributed by atoms with Crippen molar-refractivity contribution in [3.8, 4) is 5.75 Å². The molecule has 1 aliphatic rings. The number of fused-ring (bicyclic) bond motifs is 1. The van der Waals surface area contributed by atoms with Crippen molar-refractivity contribution in [1.29, 1.82) is 0 Å². The van der Waals surface area contributed by atoms with Crippen LogP contribution in [0.5, 0.6) is 5.75 Å². The number of amides is 1. The molecule has 0 saturated carbocycles. The number of para-hydroxylation sites is 1. The zero-order valence-electron chi connectivity index (χ0n) is 14.0. The molecule has 1 aromatic heterocycles. The first-order valence-electron chi connectivity index (χ1n) is 8.19. The Bertz CT molecular complexity index is 742. The molecule has 2 heterocycles. The smallest absolute Gasteiger partial charge is 0.255 e. The van der Waals surface area contributed by atoms with Gasteiger partial charge in [-0.15, -0.1) is 11.6 Å². The number of halogens is 1. The molecule has 0 bridgehead atoms. The predicted molar refractivity (Wildman–Crippen MR) is 93.9 cm³/mol. The van der Waals surface area contributed by atoms with Gasteiger partial charge in [0, 0.05) is 24.0 Å². The van der Waals surface area contributed by atoms with E-state index in [-0.39, 0.29) is 11.8 Å². The molecule has 1 atom stereocenters. The summed E-state index contributed by atoms with van der Waals surface area (Å²) < 4.78 is 7.56. The molecule has 0 radical (unpaired) electrons. The van der Waals surface area contributed by atoms with Gasteiger partial charge in [0.25, 0.3) is 5.91 Å². The fraction of sp³-hybridized carbons (Fsp3) is 0.444. The minimum Gasteiger partial charge on any atom is -0.493 e. The van der Waals surface area contributed by atoms with Gasteiger partial charge in [-0.25, -0.2) is 0 Å². The third kappa shape index (κ3) is 3.41. The average Bonchev–Trinajstić information content (AvgIpc) is 2.87. The van der Waals surface area contributed by atoms with Crippen LogP contribution in [0, 0.1) is 19.8 Å². The van der Waals surface area contributed by atoms with Crippen molar-refractivity contribution >= 4 is 17.5 Å². The van der Waals surface area contributed by atoms with Crippen LogP contribution in [0.4, 0.5) is 0 Å². The first-order chi connectivity index (χ1) is 11.6. The lowest BCUT2D eigenvalue weighted by atomic mass is 9.96. The number of aryl methyl sites for hydroxylation is 2. The van der Waals surface area contributed by atoms with Crippen LogP contribution in [0.2, 0.25) is 0 Å². The Kier molecular flexibility index (Phi) is 5.09. The first kappa shape index (κ1) is 16.8. The number of ether oxygens (including phenoxy) is 1. The molecule has 128 valence electrons. The van der Waals surface area contributed by atoms with Gasteiger partial charge < -0.3 is 10.1 Å². The number of rotatable bonds is 5. The first-order valence-corrected chi connectivity index (χ1v) is 8.72. The fourth-order valence-electron chi connectivity index (χ4n) is 3.17. The summed E-state index contributed by atoms with van der Waals surface area (Å²) in [6.45, 7) is 5.58. The summed E-state index contributed by atoms with van der Waals surface area (Å²) in [6.07, 6.45) is 0.917. The maximum atomic E-state index is 12.6. The van der Waals surface area contributed by atoms with Crippen LogP contribution in [-0.2, 0) is 13.0 Å². The highest BCUT2D eigenvalue weighted by atomic mass is 35.5. The molecular weight excluding hydrogens is 326 g/mol. The van der Waals surface area contributed by atoms with Crippen LogP contribution in [0.25, 0.3) is 0 Å². The van der Waals surface area contributed by atoms with E-state index in [0.717, 1.165) is 23.6 Å². The predicted octanol–water partition coefficient (Wildman–Crippen LogP) is 2.72. The second kappa shape index (κ2) is 7.26. The zero-order valence-corrected chi connectivity index (χ0v) is 14.8. The van der Waals surface area contributed by atoms with E-state index in [1.165, 1.54) is 5.56 Å². The fourth-order valence-corrected chi connectivity index (χ4v) is 3.33.